The number of aryl methyl sites for hydroxylation is 1. The van der Waals surface area contributed by atoms with Crippen molar-refractivity contribution in [2.45, 2.75) is 39.9 Å². The normalized spacial score (nSPS) is 11.5. The minimum Gasteiger partial charge on any atom is -0.352 e. The van der Waals surface area contributed by atoms with Gasteiger partial charge in [0, 0.05) is 12.6 Å². The van der Waals surface area contributed by atoms with E-state index in [1.54, 1.807) is 20.8 Å². The van der Waals surface area contributed by atoms with Crippen molar-refractivity contribution in [1.82, 2.24) is 15.2 Å². The Bertz CT molecular complexity index is 586. The van der Waals surface area contributed by atoms with E-state index in [4.69, 9.17) is 0 Å². The maximum Gasteiger partial charge on any atom is 0.433 e. The van der Waals surface area contributed by atoms with E-state index in [-0.39, 0.29) is 36.3 Å². The molecule has 128 valence electrons. The number of aromatic nitrogens is 1. The molecule has 0 saturated carbocycles. The Morgan fingerprint density at radius 1 is 1.30 bits per heavy atom. The average molecular weight is 331 g/mol. The van der Waals surface area contributed by atoms with E-state index in [0.717, 1.165) is 12.1 Å². The molecule has 0 radical (unpaired) electrons. The van der Waals surface area contributed by atoms with Gasteiger partial charge in [-0.05, 0) is 39.8 Å². The van der Waals surface area contributed by atoms with E-state index in [0.29, 0.717) is 0 Å². The van der Waals surface area contributed by atoms with Gasteiger partial charge in [0.1, 0.15) is 5.69 Å². The highest BCUT2D eigenvalue weighted by Gasteiger charge is 2.33. The highest BCUT2D eigenvalue weighted by Crippen LogP contribution is 2.28. The molecule has 1 aromatic heterocycles. The summed E-state index contributed by atoms with van der Waals surface area (Å²) in [5.74, 6) is -0.849. The summed E-state index contributed by atoms with van der Waals surface area (Å²) in [5, 5.41) is 2.66. The van der Waals surface area contributed by atoms with E-state index in [9.17, 15) is 22.8 Å². The third kappa shape index (κ3) is 5.22. The molecule has 0 aliphatic heterocycles. The van der Waals surface area contributed by atoms with Crippen LogP contribution >= 0.6 is 0 Å². The Labute approximate surface area is 132 Å². The molecule has 0 aliphatic carbocycles. The van der Waals surface area contributed by atoms with Crippen molar-refractivity contribution in [1.29, 1.82) is 0 Å². The van der Waals surface area contributed by atoms with E-state index in [2.05, 4.69) is 10.3 Å². The Balaban J connectivity index is 2.96. The van der Waals surface area contributed by atoms with Crippen molar-refractivity contribution in [3.05, 3.63) is 29.1 Å². The largest absolute Gasteiger partial charge is 0.433 e. The number of carbonyl (C=O) groups is 2. The lowest BCUT2D eigenvalue weighted by Gasteiger charge is -2.22. The van der Waals surface area contributed by atoms with Crippen molar-refractivity contribution in [3.8, 4) is 0 Å². The molecule has 0 saturated heterocycles. The second kappa shape index (κ2) is 7.43. The van der Waals surface area contributed by atoms with Crippen LogP contribution in [-0.2, 0) is 11.0 Å². The second-order valence-corrected chi connectivity index (χ2v) is 5.37. The summed E-state index contributed by atoms with van der Waals surface area (Å²) in [6.45, 7) is 6.70. The molecule has 1 aromatic rings. The summed E-state index contributed by atoms with van der Waals surface area (Å²) >= 11 is 0. The summed E-state index contributed by atoms with van der Waals surface area (Å²) in [6.07, 6.45) is -4.56. The van der Waals surface area contributed by atoms with E-state index in [1.165, 1.54) is 11.8 Å². The van der Waals surface area contributed by atoms with Crippen molar-refractivity contribution in [3.63, 3.8) is 0 Å². The zero-order valence-electron chi connectivity index (χ0n) is 13.5. The van der Waals surface area contributed by atoms with Crippen LogP contribution in [0, 0.1) is 6.92 Å². The molecule has 8 heteroatoms. The van der Waals surface area contributed by atoms with Gasteiger partial charge in [-0.25, -0.2) is 4.98 Å². The quantitative estimate of drug-likeness (QED) is 0.901. The molecule has 0 fully saturated rings. The lowest BCUT2D eigenvalue weighted by atomic mass is 10.1. The number of hydrogen-bond donors (Lipinski definition) is 1. The molecule has 0 unspecified atom stereocenters. The molecule has 0 aromatic carbocycles. The average Bonchev–Trinajstić information content (AvgIpc) is 2.42. The highest BCUT2D eigenvalue weighted by atomic mass is 19.4. The van der Waals surface area contributed by atoms with Gasteiger partial charge in [-0.1, -0.05) is 0 Å². The highest BCUT2D eigenvalue weighted by molar-refractivity contribution is 5.97. The fourth-order valence-electron chi connectivity index (χ4n) is 1.98. The molecule has 0 spiro atoms. The first-order valence-corrected chi connectivity index (χ1v) is 7.19. The number of halogens is 3. The SMILES string of the molecule is CCN(CC(=O)NC(C)C)C(=O)c1ccc(C(F)(F)F)nc1C. The van der Waals surface area contributed by atoms with E-state index < -0.39 is 17.8 Å². The van der Waals surface area contributed by atoms with E-state index in [1.807, 2.05) is 0 Å². The summed E-state index contributed by atoms with van der Waals surface area (Å²) in [5.41, 5.74) is -1.02. The van der Waals surface area contributed by atoms with Crippen LogP contribution in [0.3, 0.4) is 0 Å². The zero-order valence-corrected chi connectivity index (χ0v) is 13.5. The standard InChI is InChI=1S/C15H20F3N3O2/c1-5-21(8-13(22)19-9(2)3)14(23)11-6-7-12(15(16,17)18)20-10(11)4/h6-7,9H,5,8H2,1-4H3,(H,19,22). The number of nitrogens with zero attached hydrogens (tertiary/aromatic N) is 2. The number of rotatable bonds is 5. The lowest BCUT2D eigenvalue weighted by Crippen LogP contribution is -2.42. The van der Waals surface area contributed by atoms with Crippen LogP contribution < -0.4 is 5.32 Å². The van der Waals surface area contributed by atoms with Crippen molar-refractivity contribution < 1.29 is 22.8 Å². The lowest BCUT2D eigenvalue weighted by molar-refractivity contribution is -0.141. The minimum atomic E-state index is -4.56. The fourth-order valence-corrected chi connectivity index (χ4v) is 1.98. The Hall–Kier alpha value is -2.12. The molecular formula is C15H20F3N3O2. The van der Waals surface area contributed by atoms with Crippen LogP contribution in [0.4, 0.5) is 13.2 Å². The molecule has 1 N–H and O–H groups in total. The molecule has 1 rings (SSSR count). The number of alkyl halides is 3. The van der Waals surface area contributed by atoms with Gasteiger partial charge in [-0.2, -0.15) is 13.2 Å². The molecule has 1 heterocycles. The molecule has 5 nitrogen and oxygen atoms in total. The van der Waals surface area contributed by atoms with Crippen LogP contribution in [0.5, 0.6) is 0 Å². The van der Waals surface area contributed by atoms with Gasteiger partial charge >= 0.3 is 6.18 Å². The van der Waals surface area contributed by atoms with Crippen LogP contribution in [-0.4, -0.2) is 40.8 Å². The third-order valence-corrected chi connectivity index (χ3v) is 3.06. The van der Waals surface area contributed by atoms with Gasteiger partial charge < -0.3 is 10.2 Å². The number of nitrogens with one attached hydrogen (secondary N) is 1. The van der Waals surface area contributed by atoms with Gasteiger partial charge in [-0.3, -0.25) is 9.59 Å². The van der Waals surface area contributed by atoms with Gasteiger partial charge in [0.25, 0.3) is 5.91 Å². The molecular weight excluding hydrogens is 311 g/mol. The summed E-state index contributed by atoms with van der Waals surface area (Å²) in [7, 11) is 0. The Morgan fingerprint density at radius 3 is 2.35 bits per heavy atom. The molecule has 0 bridgehead atoms. The van der Waals surface area contributed by atoms with Crippen LogP contribution in [0.15, 0.2) is 12.1 Å². The van der Waals surface area contributed by atoms with E-state index >= 15 is 0 Å². The smallest absolute Gasteiger partial charge is 0.352 e. The Kier molecular flexibility index (Phi) is 6.12. The fraction of sp³-hybridized carbons (Fsp3) is 0.533. The first kappa shape index (κ1) is 18.9. The topological polar surface area (TPSA) is 62.3 Å². The number of amides is 2. The first-order valence-electron chi connectivity index (χ1n) is 7.19. The van der Waals surface area contributed by atoms with Gasteiger partial charge in [-0.15, -0.1) is 0 Å². The number of pyridine rings is 1. The second-order valence-electron chi connectivity index (χ2n) is 5.37. The van der Waals surface area contributed by atoms with Gasteiger partial charge in [0.15, 0.2) is 0 Å². The Morgan fingerprint density at radius 2 is 1.91 bits per heavy atom. The maximum absolute atomic E-state index is 12.6. The molecule has 0 atom stereocenters. The number of carbonyl (C=O) groups excluding carboxylic acids is 2. The summed E-state index contributed by atoms with van der Waals surface area (Å²) in [4.78, 5) is 28.9. The number of hydrogen-bond acceptors (Lipinski definition) is 3. The summed E-state index contributed by atoms with van der Waals surface area (Å²) < 4.78 is 37.8. The predicted octanol–water partition coefficient (Wildman–Crippen LogP) is 2.40. The van der Waals surface area contributed by atoms with Gasteiger partial charge in [0.2, 0.25) is 5.91 Å². The molecule has 0 aliphatic rings. The first-order chi connectivity index (χ1) is 10.6. The zero-order chi connectivity index (χ0) is 17.8. The maximum atomic E-state index is 12.6. The van der Waals surface area contributed by atoms with Crippen molar-refractivity contribution in [2.24, 2.45) is 0 Å². The molecule has 23 heavy (non-hydrogen) atoms. The predicted molar refractivity (Wildman–Crippen MR) is 78.8 cm³/mol. The van der Waals surface area contributed by atoms with Crippen LogP contribution in [0.25, 0.3) is 0 Å². The summed E-state index contributed by atoms with van der Waals surface area (Å²) in [6, 6.07) is 1.80. The number of likely N-dealkylation sites (N-methyl/N-ethyl adjacent to an activating group) is 1. The minimum absolute atomic E-state index is 0.0208. The van der Waals surface area contributed by atoms with Crippen LogP contribution in [0.1, 0.15) is 42.5 Å². The third-order valence-electron chi connectivity index (χ3n) is 3.06. The van der Waals surface area contributed by atoms with Crippen LogP contribution in [0.2, 0.25) is 0 Å². The van der Waals surface area contributed by atoms with Crippen molar-refractivity contribution in [2.75, 3.05) is 13.1 Å². The monoisotopic (exact) mass is 331 g/mol. The van der Waals surface area contributed by atoms with Crippen molar-refractivity contribution >= 4 is 11.8 Å². The molecule has 2 amide bonds. The van der Waals surface area contributed by atoms with Gasteiger partial charge in [0.05, 0.1) is 17.8 Å².